The lowest BCUT2D eigenvalue weighted by Gasteiger charge is -2.27. The van der Waals surface area contributed by atoms with Gasteiger partial charge in [0.05, 0.1) is 6.10 Å². The Morgan fingerprint density at radius 1 is 1.28 bits per heavy atom. The van der Waals surface area contributed by atoms with Crippen LogP contribution in [0, 0.1) is 0 Å². The zero-order chi connectivity index (χ0) is 12.5. The van der Waals surface area contributed by atoms with Crippen LogP contribution in [0.2, 0.25) is 0 Å². The molecule has 18 heavy (non-hydrogen) atoms. The Balaban J connectivity index is 1.82. The maximum absolute atomic E-state index is 11.4. The molecule has 4 nitrogen and oxygen atoms in total. The summed E-state index contributed by atoms with van der Waals surface area (Å²) in [5.74, 6) is 0. The second kappa shape index (κ2) is 5.05. The lowest BCUT2D eigenvalue weighted by atomic mass is 9.97. The molecule has 2 aliphatic rings. The van der Waals surface area contributed by atoms with Crippen molar-refractivity contribution in [3.8, 4) is 0 Å². The SMILES string of the molecule is O=c1ccn(C2CC2)c(SC2CCCCC2O)n1. The Labute approximate surface area is 110 Å². The Bertz CT molecular complexity index is 484. The summed E-state index contributed by atoms with van der Waals surface area (Å²) in [5.41, 5.74) is -0.181. The van der Waals surface area contributed by atoms with Crippen molar-refractivity contribution in [2.45, 2.75) is 61.1 Å². The zero-order valence-corrected chi connectivity index (χ0v) is 11.1. The first-order valence-corrected chi connectivity index (χ1v) is 7.56. The number of nitrogens with zero attached hydrogens (tertiary/aromatic N) is 2. The van der Waals surface area contributed by atoms with Gasteiger partial charge < -0.3 is 9.67 Å². The van der Waals surface area contributed by atoms with Gasteiger partial charge in [-0.3, -0.25) is 4.79 Å². The van der Waals surface area contributed by atoms with E-state index >= 15 is 0 Å². The van der Waals surface area contributed by atoms with Gasteiger partial charge in [-0.25, -0.2) is 0 Å². The van der Waals surface area contributed by atoms with Crippen molar-refractivity contribution in [1.29, 1.82) is 0 Å². The molecular formula is C13H18N2O2S. The van der Waals surface area contributed by atoms with Crippen LogP contribution in [-0.2, 0) is 0 Å². The van der Waals surface area contributed by atoms with Crippen molar-refractivity contribution >= 4 is 11.8 Å². The third kappa shape index (κ3) is 2.62. The predicted molar refractivity (Wildman–Crippen MR) is 70.9 cm³/mol. The van der Waals surface area contributed by atoms with Crippen molar-refractivity contribution in [2.75, 3.05) is 0 Å². The van der Waals surface area contributed by atoms with E-state index in [0.717, 1.165) is 30.8 Å². The summed E-state index contributed by atoms with van der Waals surface area (Å²) in [6.45, 7) is 0. The highest BCUT2D eigenvalue weighted by Gasteiger charge is 2.29. The molecular weight excluding hydrogens is 248 g/mol. The number of aromatic nitrogens is 2. The van der Waals surface area contributed by atoms with E-state index in [1.807, 2.05) is 6.20 Å². The molecule has 0 aromatic carbocycles. The van der Waals surface area contributed by atoms with Gasteiger partial charge in [-0.05, 0) is 25.7 Å². The van der Waals surface area contributed by atoms with Crippen LogP contribution >= 0.6 is 11.8 Å². The van der Waals surface area contributed by atoms with Gasteiger partial charge in [0.15, 0.2) is 5.16 Å². The van der Waals surface area contributed by atoms with Gasteiger partial charge >= 0.3 is 0 Å². The molecule has 0 bridgehead atoms. The van der Waals surface area contributed by atoms with Crippen LogP contribution in [0.25, 0.3) is 0 Å². The fourth-order valence-corrected chi connectivity index (χ4v) is 3.79. The third-order valence-electron chi connectivity index (χ3n) is 3.67. The van der Waals surface area contributed by atoms with E-state index in [-0.39, 0.29) is 16.9 Å². The summed E-state index contributed by atoms with van der Waals surface area (Å²) >= 11 is 1.58. The second-order valence-electron chi connectivity index (χ2n) is 5.19. The summed E-state index contributed by atoms with van der Waals surface area (Å²) in [7, 11) is 0. The van der Waals surface area contributed by atoms with E-state index in [1.165, 1.54) is 18.9 Å². The van der Waals surface area contributed by atoms with Gasteiger partial charge in [0.2, 0.25) is 0 Å². The molecule has 2 aliphatic carbocycles. The van der Waals surface area contributed by atoms with Crippen LogP contribution in [0.3, 0.4) is 0 Å². The first-order chi connectivity index (χ1) is 8.74. The summed E-state index contributed by atoms with van der Waals surface area (Å²) in [6.07, 6.45) is 8.10. The molecule has 0 radical (unpaired) electrons. The largest absolute Gasteiger partial charge is 0.392 e. The molecule has 0 amide bonds. The van der Waals surface area contributed by atoms with Crippen LogP contribution in [0.1, 0.15) is 44.6 Å². The van der Waals surface area contributed by atoms with E-state index in [9.17, 15) is 9.90 Å². The molecule has 5 heteroatoms. The van der Waals surface area contributed by atoms with Gasteiger partial charge in [-0.2, -0.15) is 4.98 Å². The molecule has 0 spiro atoms. The van der Waals surface area contributed by atoms with Crippen LogP contribution < -0.4 is 5.56 Å². The topological polar surface area (TPSA) is 55.1 Å². The van der Waals surface area contributed by atoms with Crippen molar-refractivity contribution in [1.82, 2.24) is 9.55 Å². The molecule has 1 heterocycles. The molecule has 2 saturated carbocycles. The molecule has 98 valence electrons. The van der Waals surface area contributed by atoms with Crippen LogP contribution in [-0.4, -0.2) is 26.0 Å². The smallest absolute Gasteiger partial charge is 0.273 e. The maximum Gasteiger partial charge on any atom is 0.273 e. The van der Waals surface area contributed by atoms with Crippen molar-refractivity contribution < 1.29 is 5.11 Å². The minimum absolute atomic E-state index is 0.181. The monoisotopic (exact) mass is 266 g/mol. The molecule has 2 unspecified atom stereocenters. The lowest BCUT2D eigenvalue weighted by molar-refractivity contribution is 0.136. The lowest BCUT2D eigenvalue weighted by Crippen LogP contribution is -2.28. The summed E-state index contributed by atoms with van der Waals surface area (Å²) in [4.78, 5) is 15.5. The van der Waals surface area contributed by atoms with Crippen LogP contribution in [0.15, 0.2) is 22.2 Å². The zero-order valence-electron chi connectivity index (χ0n) is 10.3. The highest BCUT2D eigenvalue weighted by Crippen LogP contribution is 2.39. The molecule has 2 atom stereocenters. The minimum atomic E-state index is -0.256. The number of aliphatic hydroxyl groups excluding tert-OH is 1. The number of rotatable bonds is 3. The van der Waals surface area contributed by atoms with E-state index in [0.29, 0.717) is 6.04 Å². The summed E-state index contributed by atoms with van der Waals surface area (Å²) in [6, 6.07) is 2.04. The molecule has 3 rings (SSSR count). The van der Waals surface area contributed by atoms with Crippen molar-refractivity contribution in [3.63, 3.8) is 0 Å². The van der Waals surface area contributed by atoms with Crippen molar-refractivity contribution in [2.24, 2.45) is 0 Å². The Morgan fingerprint density at radius 3 is 2.78 bits per heavy atom. The molecule has 1 aromatic heterocycles. The first kappa shape index (κ1) is 12.2. The van der Waals surface area contributed by atoms with Gasteiger partial charge in [-0.1, -0.05) is 24.6 Å². The van der Waals surface area contributed by atoms with Gasteiger partial charge in [0.25, 0.3) is 5.56 Å². The number of thioether (sulfide) groups is 1. The van der Waals surface area contributed by atoms with E-state index in [4.69, 9.17) is 0 Å². The van der Waals surface area contributed by atoms with Gasteiger partial charge in [0, 0.05) is 23.6 Å². The van der Waals surface area contributed by atoms with Crippen molar-refractivity contribution in [3.05, 3.63) is 22.6 Å². The molecule has 2 fully saturated rings. The Hall–Kier alpha value is -0.810. The van der Waals surface area contributed by atoms with E-state index in [2.05, 4.69) is 9.55 Å². The van der Waals surface area contributed by atoms with Gasteiger partial charge in [-0.15, -0.1) is 0 Å². The van der Waals surface area contributed by atoms with E-state index < -0.39 is 0 Å². The summed E-state index contributed by atoms with van der Waals surface area (Å²) in [5, 5.41) is 11.0. The second-order valence-corrected chi connectivity index (χ2v) is 6.40. The normalized spacial score (nSPS) is 28.3. The van der Waals surface area contributed by atoms with Crippen LogP contribution in [0.5, 0.6) is 0 Å². The fraction of sp³-hybridized carbons (Fsp3) is 0.692. The highest BCUT2D eigenvalue weighted by molar-refractivity contribution is 7.99. The number of hydrogen-bond acceptors (Lipinski definition) is 4. The quantitative estimate of drug-likeness (QED) is 0.850. The first-order valence-electron chi connectivity index (χ1n) is 6.68. The molecule has 1 N–H and O–H groups in total. The van der Waals surface area contributed by atoms with Gasteiger partial charge in [0.1, 0.15) is 0 Å². The molecule has 1 aromatic rings. The summed E-state index contributed by atoms with van der Waals surface area (Å²) < 4.78 is 2.10. The fourth-order valence-electron chi connectivity index (χ4n) is 2.47. The third-order valence-corrected chi connectivity index (χ3v) is 5.03. The number of aliphatic hydroxyl groups is 1. The Kier molecular flexibility index (Phi) is 3.43. The minimum Gasteiger partial charge on any atom is -0.392 e. The predicted octanol–water partition coefficient (Wildman–Crippen LogP) is 1.97. The molecule has 0 aliphatic heterocycles. The average molecular weight is 266 g/mol. The Morgan fingerprint density at radius 2 is 2.06 bits per heavy atom. The molecule has 0 saturated heterocycles. The number of hydrogen-bond donors (Lipinski definition) is 1. The highest BCUT2D eigenvalue weighted by atomic mass is 32.2. The maximum atomic E-state index is 11.4. The van der Waals surface area contributed by atoms with Crippen LogP contribution in [0.4, 0.5) is 0 Å². The average Bonchev–Trinajstić information content (AvgIpc) is 3.16. The standard InChI is InChI=1S/C13H18N2O2S/c16-10-3-1-2-4-11(10)18-13-14-12(17)7-8-15(13)9-5-6-9/h7-11,16H,1-6H2. The van der Waals surface area contributed by atoms with E-state index in [1.54, 1.807) is 11.8 Å².